The largest absolute Gasteiger partial charge is 0.456 e. The predicted molar refractivity (Wildman–Crippen MR) is 111 cm³/mol. The maximum Gasteiger partial charge on any atom is 0.322 e. The van der Waals surface area contributed by atoms with Crippen molar-refractivity contribution in [2.45, 2.75) is 29.8 Å². The average molecular weight is 440 g/mol. The molecule has 2 atom stereocenters. The highest BCUT2D eigenvalue weighted by atomic mass is 32.2. The summed E-state index contributed by atoms with van der Waals surface area (Å²) in [7, 11) is -3.81. The Bertz CT molecular complexity index is 1250. The Balaban J connectivity index is 1.26. The number of imide groups is 1. The van der Waals surface area contributed by atoms with Crippen molar-refractivity contribution in [1.29, 1.82) is 0 Å². The van der Waals surface area contributed by atoms with Crippen LogP contribution < -0.4 is 15.4 Å². The molecule has 1 spiro atoms. The summed E-state index contributed by atoms with van der Waals surface area (Å²) in [6.45, 7) is 0.167. The molecule has 3 N–H and O–H groups in total. The first-order chi connectivity index (χ1) is 14.8. The highest BCUT2D eigenvalue weighted by Crippen LogP contribution is 2.36. The molecule has 1 saturated carbocycles. The smallest absolute Gasteiger partial charge is 0.322 e. The highest BCUT2D eigenvalue weighted by molar-refractivity contribution is 7.89. The van der Waals surface area contributed by atoms with E-state index in [0.717, 1.165) is 11.0 Å². The van der Waals surface area contributed by atoms with E-state index in [-0.39, 0.29) is 23.4 Å². The fourth-order valence-electron chi connectivity index (χ4n) is 4.28. The Morgan fingerprint density at radius 2 is 2.03 bits per heavy atom. The van der Waals surface area contributed by atoms with Crippen LogP contribution in [0.2, 0.25) is 0 Å². The average Bonchev–Trinajstić information content (AvgIpc) is 3.44. The summed E-state index contributed by atoms with van der Waals surface area (Å²) < 4.78 is 33.7. The van der Waals surface area contributed by atoms with E-state index >= 15 is 0 Å². The van der Waals surface area contributed by atoms with Crippen molar-refractivity contribution in [1.82, 2.24) is 20.3 Å². The number of nitrogens with zero attached hydrogens (tertiary/aromatic N) is 1. The number of para-hydroxylation sites is 1. The molecule has 2 aliphatic rings. The molecule has 1 aromatic carbocycles. The van der Waals surface area contributed by atoms with E-state index in [1.165, 1.54) is 12.3 Å². The van der Waals surface area contributed by atoms with E-state index in [0.29, 0.717) is 30.6 Å². The van der Waals surface area contributed by atoms with E-state index in [1.54, 1.807) is 6.07 Å². The molecule has 3 amide bonds. The van der Waals surface area contributed by atoms with Gasteiger partial charge < -0.3 is 9.73 Å². The minimum atomic E-state index is -3.81. The summed E-state index contributed by atoms with van der Waals surface area (Å²) in [5.41, 5.74) is 0.507. The van der Waals surface area contributed by atoms with Crippen molar-refractivity contribution < 1.29 is 22.4 Å². The number of rotatable bonds is 5. The highest BCUT2D eigenvalue weighted by Gasteiger charge is 2.50. The summed E-state index contributed by atoms with van der Waals surface area (Å²) in [5, 5.41) is 5.79. The second kappa shape index (κ2) is 7.17. The molecule has 1 aliphatic carbocycles. The number of sulfonamides is 1. The monoisotopic (exact) mass is 440 g/mol. The number of hydrogen-bond donors (Lipinski definition) is 3. The molecule has 10 heteroatoms. The maximum absolute atomic E-state index is 12.7. The second-order valence-corrected chi connectivity index (χ2v) is 9.70. The molecule has 1 aliphatic heterocycles. The molecule has 0 radical (unpaired) electrons. The third-order valence-electron chi connectivity index (χ3n) is 5.91. The van der Waals surface area contributed by atoms with Crippen LogP contribution in [0.3, 0.4) is 0 Å². The van der Waals surface area contributed by atoms with Gasteiger partial charge in [0, 0.05) is 23.7 Å². The van der Waals surface area contributed by atoms with Gasteiger partial charge in [-0.05, 0) is 49.4 Å². The lowest BCUT2D eigenvalue weighted by Gasteiger charge is -2.19. The lowest BCUT2D eigenvalue weighted by Crippen LogP contribution is -2.44. The van der Waals surface area contributed by atoms with Crippen molar-refractivity contribution in [2.75, 3.05) is 6.54 Å². The molecule has 31 heavy (non-hydrogen) atoms. The van der Waals surface area contributed by atoms with Gasteiger partial charge in [0.15, 0.2) is 5.03 Å². The number of urea groups is 1. The first-order valence-electron chi connectivity index (χ1n) is 9.93. The predicted octanol–water partition coefficient (Wildman–Crippen LogP) is 2.15. The Kier molecular flexibility index (Phi) is 4.56. The summed E-state index contributed by atoms with van der Waals surface area (Å²) in [6, 6.07) is 12.1. The van der Waals surface area contributed by atoms with Crippen LogP contribution in [0.25, 0.3) is 22.3 Å². The van der Waals surface area contributed by atoms with Gasteiger partial charge in [-0.1, -0.05) is 18.2 Å². The first kappa shape index (κ1) is 19.7. The van der Waals surface area contributed by atoms with Gasteiger partial charge in [-0.3, -0.25) is 10.1 Å². The molecular formula is C21H20N4O5S. The first-order valence-corrected chi connectivity index (χ1v) is 11.4. The number of aromatic nitrogens is 1. The third-order valence-corrected chi connectivity index (χ3v) is 7.25. The Morgan fingerprint density at radius 3 is 2.74 bits per heavy atom. The van der Waals surface area contributed by atoms with Crippen LogP contribution in [0.5, 0.6) is 0 Å². The molecule has 160 valence electrons. The quantitative estimate of drug-likeness (QED) is 0.521. The fourth-order valence-corrected chi connectivity index (χ4v) is 5.32. The van der Waals surface area contributed by atoms with Gasteiger partial charge in [-0.2, -0.15) is 0 Å². The summed E-state index contributed by atoms with van der Waals surface area (Å²) in [5.74, 6) is 0.207. The Morgan fingerprint density at radius 1 is 1.19 bits per heavy atom. The van der Waals surface area contributed by atoms with Crippen molar-refractivity contribution in [3.8, 4) is 11.3 Å². The minimum absolute atomic E-state index is 0.0613. The topological polar surface area (TPSA) is 130 Å². The van der Waals surface area contributed by atoms with E-state index in [1.807, 2.05) is 30.3 Å². The van der Waals surface area contributed by atoms with Crippen LogP contribution in [0.4, 0.5) is 4.79 Å². The molecule has 5 rings (SSSR count). The summed E-state index contributed by atoms with van der Waals surface area (Å²) >= 11 is 0. The van der Waals surface area contributed by atoms with Crippen LogP contribution in [0, 0.1) is 5.92 Å². The standard InChI is InChI=1S/C21H20N4O5S/c26-19-21(25-20(27)24-19)8-7-13(10-21)11-23-31(28,29)18-6-5-15(12-22-18)17-9-14-3-1-2-4-16(14)30-17/h1-6,9,12-13,23H,7-8,10-11H2,(H2,24,25,26,27). The number of nitrogens with one attached hydrogen (secondary N) is 3. The van der Waals surface area contributed by atoms with Crippen LogP contribution in [0.15, 0.2) is 58.1 Å². The fraction of sp³-hybridized carbons (Fsp3) is 0.286. The second-order valence-electron chi connectivity index (χ2n) is 7.98. The van der Waals surface area contributed by atoms with Crippen molar-refractivity contribution in [3.05, 3.63) is 48.7 Å². The van der Waals surface area contributed by atoms with Gasteiger partial charge in [0.2, 0.25) is 0 Å². The molecule has 9 nitrogen and oxygen atoms in total. The molecule has 2 unspecified atom stereocenters. The van der Waals surface area contributed by atoms with Gasteiger partial charge >= 0.3 is 6.03 Å². The number of amides is 3. The van der Waals surface area contributed by atoms with E-state index < -0.39 is 21.6 Å². The van der Waals surface area contributed by atoms with E-state index in [2.05, 4.69) is 20.3 Å². The van der Waals surface area contributed by atoms with Gasteiger partial charge in [-0.25, -0.2) is 22.9 Å². The number of benzene rings is 1. The van der Waals surface area contributed by atoms with Gasteiger partial charge in [0.05, 0.1) is 0 Å². The molecule has 2 fully saturated rings. The van der Waals surface area contributed by atoms with Gasteiger partial charge in [0.1, 0.15) is 16.9 Å². The van der Waals surface area contributed by atoms with Gasteiger partial charge in [0.25, 0.3) is 15.9 Å². The number of carbonyl (C=O) groups is 2. The van der Waals surface area contributed by atoms with Crippen molar-refractivity contribution in [3.63, 3.8) is 0 Å². The Hall–Kier alpha value is -3.24. The van der Waals surface area contributed by atoms with Crippen LogP contribution in [-0.4, -0.2) is 37.4 Å². The molecule has 1 saturated heterocycles. The van der Waals surface area contributed by atoms with Crippen molar-refractivity contribution in [2.24, 2.45) is 5.92 Å². The maximum atomic E-state index is 12.7. The number of hydrogen-bond acceptors (Lipinski definition) is 6. The zero-order chi connectivity index (χ0) is 21.6. The normalized spacial score (nSPS) is 23.4. The van der Waals surface area contributed by atoms with Crippen molar-refractivity contribution >= 4 is 32.9 Å². The molecule has 3 heterocycles. The van der Waals surface area contributed by atoms with E-state index in [4.69, 9.17) is 4.42 Å². The number of carbonyl (C=O) groups excluding carboxylic acids is 2. The molecule has 0 bridgehead atoms. The summed E-state index contributed by atoms with van der Waals surface area (Å²) in [4.78, 5) is 27.6. The lowest BCUT2D eigenvalue weighted by molar-refractivity contribution is -0.123. The van der Waals surface area contributed by atoms with E-state index in [9.17, 15) is 18.0 Å². The SMILES string of the molecule is O=C1NC(=O)C2(CCC(CNS(=O)(=O)c3ccc(-c4cc5ccccc5o4)cn3)C2)N1. The van der Waals surface area contributed by atoms with Crippen LogP contribution in [-0.2, 0) is 14.8 Å². The molecule has 3 aromatic rings. The zero-order valence-corrected chi connectivity index (χ0v) is 17.2. The lowest BCUT2D eigenvalue weighted by atomic mass is 9.96. The molecular weight excluding hydrogens is 420 g/mol. The third kappa shape index (κ3) is 3.57. The molecule has 2 aromatic heterocycles. The minimum Gasteiger partial charge on any atom is -0.456 e. The Labute approximate surface area is 178 Å². The van der Waals surface area contributed by atoms with Crippen LogP contribution in [0.1, 0.15) is 19.3 Å². The van der Waals surface area contributed by atoms with Gasteiger partial charge in [-0.15, -0.1) is 0 Å². The summed E-state index contributed by atoms with van der Waals surface area (Å²) in [6.07, 6.45) is 2.98. The van der Waals surface area contributed by atoms with Crippen LogP contribution >= 0.6 is 0 Å². The number of furan rings is 1. The number of pyridine rings is 1. The number of fused-ring (bicyclic) bond motifs is 1. The zero-order valence-electron chi connectivity index (χ0n) is 16.4.